The van der Waals surface area contributed by atoms with E-state index in [9.17, 15) is 19.2 Å². The number of Topliss-reactive ketones (excluding diaryl/α,β-unsaturated/α-hetero) is 2. The van der Waals surface area contributed by atoms with E-state index in [1.54, 1.807) is 24.3 Å². The van der Waals surface area contributed by atoms with E-state index in [4.69, 9.17) is 0 Å². The number of methoxy groups -OCH3 is 2. The van der Waals surface area contributed by atoms with Crippen LogP contribution in [-0.2, 0) is 19.1 Å². The molecular weight excluding hydrogens is 384 g/mol. The second-order valence-corrected chi connectivity index (χ2v) is 6.73. The Morgan fingerprint density at radius 1 is 0.567 bits per heavy atom. The molecule has 0 aliphatic heterocycles. The van der Waals surface area contributed by atoms with Gasteiger partial charge in [-0.1, -0.05) is 59.7 Å². The normalized spacial score (nSPS) is 9.73. The van der Waals surface area contributed by atoms with Crippen LogP contribution in [0.25, 0.3) is 0 Å². The van der Waals surface area contributed by atoms with Crippen LogP contribution in [0, 0.1) is 13.8 Å². The van der Waals surface area contributed by atoms with Gasteiger partial charge < -0.3 is 9.47 Å². The first-order valence-corrected chi connectivity index (χ1v) is 9.60. The van der Waals surface area contributed by atoms with Crippen LogP contribution in [0.4, 0.5) is 0 Å². The quantitative estimate of drug-likeness (QED) is 0.476. The average molecular weight is 412 g/mol. The van der Waals surface area contributed by atoms with Gasteiger partial charge in [0.1, 0.15) is 0 Å². The Morgan fingerprint density at radius 2 is 0.867 bits per heavy atom. The minimum atomic E-state index is -0.351. The molecule has 2 aromatic rings. The lowest BCUT2D eigenvalue weighted by molar-refractivity contribution is -0.141. The minimum Gasteiger partial charge on any atom is -0.469 e. The van der Waals surface area contributed by atoms with Crippen molar-refractivity contribution in [2.24, 2.45) is 0 Å². The highest BCUT2D eigenvalue weighted by Crippen LogP contribution is 2.09. The summed E-state index contributed by atoms with van der Waals surface area (Å²) < 4.78 is 8.93. The Kier molecular flexibility index (Phi) is 10.8. The minimum absolute atomic E-state index is 0.0274. The van der Waals surface area contributed by atoms with Crippen LogP contribution in [0.2, 0.25) is 0 Å². The smallest absolute Gasteiger partial charge is 0.305 e. The Hall–Kier alpha value is -3.28. The van der Waals surface area contributed by atoms with Crippen LogP contribution in [-0.4, -0.2) is 37.7 Å². The van der Waals surface area contributed by atoms with Crippen LogP contribution < -0.4 is 0 Å². The number of ether oxygens (including phenoxy) is 2. The Labute approximate surface area is 177 Å². The molecule has 0 amide bonds. The number of rotatable bonds is 8. The zero-order chi connectivity index (χ0) is 22.5. The van der Waals surface area contributed by atoms with Gasteiger partial charge >= 0.3 is 11.9 Å². The number of hydrogen-bond acceptors (Lipinski definition) is 6. The van der Waals surface area contributed by atoms with Gasteiger partial charge in [-0.15, -0.1) is 0 Å². The largest absolute Gasteiger partial charge is 0.469 e. The summed E-state index contributed by atoms with van der Waals surface area (Å²) in [6, 6.07) is 14.6. The van der Waals surface area contributed by atoms with Crippen molar-refractivity contribution < 1.29 is 28.7 Å². The van der Waals surface area contributed by atoms with E-state index in [-0.39, 0.29) is 49.2 Å². The molecule has 0 atom stereocenters. The highest BCUT2D eigenvalue weighted by atomic mass is 16.5. The average Bonchev–Trinajstić information content (AvgIpc) is 2.76. The number of ketones is 2. The van der Waals surface area contributed by atoms with Gasteiger partial charge in [-0.25, -0.2) is 0 Å². The molecule has 2 aromatic carbocycles. The molecule has 0 N–H and O–H groups in total. The first-order valence-electron chi connectivity index (χ1n) is 9.60. The topological polar surface area (TPSA) is 86.7 Å². The van der Waals surface area contributed by atoms with Crippen molar-refractivity contribution in [2.45, 2.75) is 39.5 Å². The molecule has 0 fully saturated rings. The van der Waals surface area contributed by atoms with Crippen LogP contribution in [0.5, 0.6) is 0 Å². The zero-order valence-electron chi connectivity index (χ0n) is 17.9. The summed E-state index contributed by atoms with van der Waals surface area (Å²) in [5.41, 5.74) is 3.51. The van der Waals surface area contributed by atoms with Crippen molar-refractivity contribution in [1.29, 1.82) is 0 Å². The van der Waals surface area contributed by atoms with Gasteiger partial charge in [-0.05, 0) is 13.8 Å². The lowest BCUT2D eigenvalue weighted by Crippen LogP contribution is -2.05. The third-order valence-corrected chi connectivity index (χ3v) is 4.31. The third-order valence-electron chi connectivity index (χ3n) is 4.31. The van der Waals surface area contributed by atoms with E-state index in [1.807, 2.05) is 38.1 Å². The third kappa shape index (κ3) is 9.28. The van der Waals surface area contributed by atoms with Crippen molar-refractivity contribution >= 4 is 23.5 Å². The van der Waals surface area contributed by atoms with Gasteiger partial charge in [0.2, 0.25) is 0 Å². The maximum absolute atomic E-state index is 11.6. The molecular formula is C24H28O6. The van der Waals surface area contributed by atoms with E-state index in [0.717, 1.165) is 11.1 Å². The fraction of sp³-hybridized carbons (Fsp3) is 0.333. The van der Waals surface area contributed by atoms with E-state index in [2.05, 4.69) is 9.47 Å². The van der Waals surface area contributed by atoms with E-state index < -0.39 is 0 Å². The van der Waals surface area contributed by atoms with Gasteiger partial charge in [0.15, 0.2) is 11.6 Å². The Morgan fingerprint density at radius 3 is 1.13 bits per heavy atom. The summed E-state index contributed by atoms with van der Waals surface area (Å²) in [6.07, 6.45) is 0.692. The number of carbonyl (C=O) groups is 4. The standard InChI is InChI=1S/2C12H14O3/c2*1-9-3-5-10(6-4-9)11(13)7-8-12(14)15-2/h2*3-6H,7-8H2,1-2H3. The second kappa shape index (κ2) is 13.0. The van der Waals surface area contributed by atoms with Gasteiger partial charge in [-0.3, -0.25) is 19.2 Å². The van der Waals surface area contributed by atoms with Crippen LogP contribution >= 0.6 is 0 Å². The van der Waals surface area contributed by atoms with Crippen molar-refractivity contribution in [2.75, 3.05) is 14.2 Å². The molecule has 0 radical (unpaired) electrons. The molecule has 0 saturated carbocycles. The highest BCUT2D eigenvalue weighted by Gasteiger charge is 2.09. The van der Waals surface area contributed by atoms with Crippen LogP contribution in [0.3, 0.4) is 0 Å². The predicted octanol–water partition coefficient (Wildman–Crippen LogP) is 4.26. The van der Waals surface area contributed by atoms with Gasteiger partial charge in [0, 0.05) is 24.0 Å². The molecule has 2 rings (SSSR count). The van der Waals surface area contributed by atoms with Crippen molar-refractivity contribution in [1.82, 2.24) is 0 Å². The monoisotopic (exact) mass is 412 g/mol. The molecule has 0 aliphatic rings. The zero-order valence-corrected chi connectivity index (χ0v) is 17.9. The summed E-state index contributed by atoms with van der Waals surface area (Å²) in [6.45, 7) is 3.92. The van der Waals surface area contributed by atoms with Crippen molar-refractivity contribution in [3.05, 3.63) is 70.8 Å². The summed E-state index contributed by atoms with van der Waals surface area (Å²) in [5, 5.41) is 0. The molecule has 0 spiro atoms. The number of esters is 2. The van der Waals surface area contributed by atoms with E-state index in [1.165, 1.54) is 14.2 Å². The van der Waals surface area contributed by atoms with E-state index >= 15 is 0 Å². The van der Waals surface area contributed by atoms with Crippen LogP contribution in [0.1, 0.15) is 57.5 Å². The van der Waals surface area contributed by atoms with Crippen molar-refractivity contribution in [3.63, 3.8) is 0 Å². The number of hydrogen-bond donors (Lipinski definition) is 0. The van der Waals surface area contributed by atoms with E-state index in [0.29, 0.717) is 11.1 Å². The molecule has 0 aliphatic carbocycles. The second-order valence-electron chi connectivity index (χ2n) is 6.73. The molecule has 30 heavy (non-hydrogen) atoms. The number of carbonyl (C=O) groups excluding carboxylic acids is 4. The maximum atomic E-state index is 11.6. The maximum Gasteiger partial charge on any atom is 0.305 e. The number of aryl methyl sites for hydroxylation is 2. The van der Waals surface area contributed by atoms with Gasteiger partial charge in [0.25, 0.3) is 0 Å². The Bertz CT molecular complexity index is 777. The molecule has 0 heterocycles. The fourth-order valence-electron chi connectivity index (χ4n) is 2.40. The molecule has 6 heteroatoms. The van der Waals surface area contributed by atoms with Crippen molar-refractivity contribution in [3.8, 4) is 0 Å². The molecule has 160 valence electrons. The summed E-state index contributed by atoms with van der Waals surface area (Å²) >= 11 is 0. The molecule has 0 saturated heterocycles. The highest BCUT2D eigenvalue weighted by molar-refractivity contribution is 5.98. The molecule has 0 bridgehead atoms. The molecule has 0 aromatic heterocycles. The predicted molar refractivity (Wildman–Crippen MR) is 114 cm³/mol. The summed E-state index contributed by atoms with van der Waals surface area (Å²) in [7, 11) is 2.64. The first-order chi connectivity index (χ1) is 14.3. The lowest BCUT2D eigenvalue weighted by atomic mass is 10.1. The summed E-state index contributed by atoms with van der Waals surface area (Å²) in [5.74, 6) is -0.758. The fourth-order valence-corrected chi connectivity index (χ4v) is 2.40. The molecule has 0 unspecified atom stereocenters. The number of benzene rings is 2. The van der Waals surface area contributed by atoms with Gasteiger partial charge in [0.05, 0.1) is 27.1 Å². The SMILES string of the molecule is COC(=O)CCC(=O)c1ccc(C)cc1.COC(=O)CCC(=O)c1ccc(C)cc1. The van der Waals surface area contributed by atoms with Gasteiger partial charge in [-0.2, -0.15) is 0 Å². The molecule has 6 nitrogen and oxygen atoms in total. The summed E-state index contributed by atoms with van der Waals surface area (Å²) in [4.78, 5) is 44.8. The Balaban J connectivity index is 0.000000300. The van der Waals surface area contributed by atoms with Crippen LogP contribution in [0.15, 0.2) is 48.5 Å². The lowest BCUT2D eigenvalue weighted by Gasteiger charge is -2.00. The first kappa shape index (κ1) is 24.8.